The van der Waals surface area contributed by atoms with E-state index in [4.69, 9.17) is 14.8 Å². The zero-order valence-electron chi connectivity index (χ0n) is 16.1. The van der Waals surface area contributed by atoms with Gasteiger partial charge >= 0.3 is 7.60 Å². The molecule has 3 rings (SSSR count). The van der Waals surface area contributed by atoms with Crippen molar-refractivity contribution in [3.63, 3.8) is 0 Å². The van der Waals surface area contributed by atoms with E-state index in [0.29, 0.717) is 6.42 Å². The average Bonchev–Trinajstić information content (AvgIpc) is 2.68. The molecule has 1 heterocycles. The minimum Gasteiger partial charge on any atom is -0.324 e. The highest BCUT2D eigenvalue weighted by molar-refractivity contribution is 7.51. The van der Waals surface area contributed by atoms with Gasteiger partial charge in [-0.05, 0) is 37.8 Å². The van der Waals surface area contributed by atoms with Crippen LogP contribution in [0.4, 0.5) is 0 Å². The summed E-state index contributed by atoms with van der Waals surface area (Å²) < 4.78 is 10.9. The van der Waals surface area contributed by atoms with Crippen LogP contribution in [0.1, 0.15) is 30.5 Å². The van der Waals surface area contributed by atoms with E-state index in [1.807, 2.05) is 18.2 Å². The smallest absolute Gasteiger partial charge is 0.324 e. The third-order valence-corrected chi connectivity index (χ3v) is 5.64. The van der Waals surface area contributed by atoms with Crippen LogP contribution in [0.25, 0.3) is 22.4 Å². The van der Waals surface area contributed by atoms with Gasteiger partial charge in [0.1, 0.15) is 0 Å². The van der Waals surface area contributed by atoms with Gasteiger partial charge < -0.3 is 9.79 Å². The van der Waals surface area contributed by atoms with Crippen LogP contribution in [0.3, 0.4) is 0 Å². The summed E-state index contributed by atoms with van der Waals surface area (Å²) in [6, 6.07) is 22.8. The molecule has 28 heavy (non-hydrogen) atoms. The highest BCUT2D eigenvalue weighted by atomic mass is 31.2. The molecule has 0 spiro atoms. The Morgan fingerprint density at radius 2 is 1.54 bits per heavy atom. The zero-order chi connectivity index (χ0) is 20.0. The summed E-state index contributed by atoms with van der Waals surface area (Å²) in [6.45, 7) is 2.08. The van der Waals surface area contributed by atoms with Crippen molar-refractivity contribution in [2.45, 2.75) is 32.6 Å². The maximum absolute atomic E-state index is 10.9. The zero-order valence-corrected chi connectivity index (χ0v) is 17.0. The molecule has 2 N–H and O–H groups in total. The molecule has 0 amide bonds. The number of aromatic nitrogens is 1. The first-order chi connectivity index (χ1) is 13.4. The van der Waals surface area contributed by atoms with E-state index in [1.54, 1.807) is 0 Å². The number of pyridine rings is 1. The lowest BCUT2D eigenvalue weighted by atomic mass is 9.97. The van der Waals surface area contributed by atoms with Crippen molar-refractivity contribution in [1.82, 2.24) is 4.98 Å². The molecule has 0 radical (unpaired) electrons. The quantitative estimate of drug-likeness (QED) is 0.384. The lowest BCUT2D eigenvalue weighted by molar-refractivity contribution is 0.371. The van der Waals surface area contributed by atoms with Gasteiger partial charge in [0.2, 0.25) is 0 Å². The van der Waals surface area contributed by atoms with Gasteiger partial charge in [0.05, 0.1) is 5.69 Å². The fourth-order valence-electron chi connectivity index (χ4n) is 3.22. The van der Waals surface area contributed by atoms with E-state index in [9.17, 15) is 4.57 Å². The number of nitrogens with zero attached hydrogens (tertiary/aromatic N) is 1. The van der Waals surface area contributed by atoms with Gasteiger partial charge in [-0.3, -0.25) is 9.55 Å². The Morgan fingerprint density at radius 3 is 2.21 bits per heavy atom. The highest BCUT2D eigenvalue weighted by Crippen LogP contribution is 2.35. The molecule has 2 aromatic carbocycles. The summed E-state index contributed by atoms with van der Waals surface area (Å²) in [5.74, 6) is 0. The second kappa shape index (κ2) is 9.29. The Balaban J connectivity index is 1.80. The van der Waals surface area contributed by atoms with Gasteiger partial charge in [-0.2, -0.15) is 0 Å². The summed E-state index contributed by atoms with van der Waals surface area (Å²) >= 11 is 0. The molecule has 3 aromatic rings. The van der Waals surface area contributed by atoms with Crippen LogP contribution in [0, 0.1) is 6.92 Å². The lowest BCUT2D eigenvalue weighted by Crippen LogP contribution is -1.97. The van der Waals surface area contributed by atoms with Gasteiger partial charge in [-0.1, -0.05) is 72.6 Å². The van der Waals surface area contributed by atoms with Gasteiger partial charge in [0.25, 0.3) is 0 Å². The van der Waals surface area contributed by atoms with E-state index < -0.39 is 7.60 Å². The maximum Gasteiger partial charge on any atom is 0.325 e. The van der Waals surface area contributed by atoms with Crippen LogP contribution in [0.15, 0.2) is 66.7 Å². The van der Waals surface area contributed by atoms with Crippen LogP contribution in [0.5, 0.6) is 0 Å². The van der Waals surface area contributed by atoms with Crippen molar-refractivity contribution in [2.24, 2.45) is 0 Å². The average molecular weight is 395 g/mol. The van der Waals surface area contributed by atoms with E-state index >= 15 is 0 Å². The Labute approximate surface area is 166 Å². The second-order valence-electron chi connectivity index (χ2n) is 7.13. The predicted octanol–water partition coefficient (Wildman–Crippen LogP) is 5.61. The SMILES string of the molecule is Cc1ccc(-c2ccc(CCCCCP(=O)(O)O)nc2-c2ccccc2)cc1. The molecule has 0 bridgehead atoms. The molecular formula is C23H26NO3P. The minimum atomic E-state index is -3.89. The molecule has 0 atom stereocenters. The number of hydrogen-bond acceptors (Lipinski definition) is 2. The van der Waals surface area contributed by atoms with Crippen LogP contribution in [-0.4, -0.2) is 20.9 Å². The molecule has 0 saturated heterocycles. The number of benzene rings is 2. The molecule has 1 aromatic heterocycles. The number of rotatable bonds is 8. The Bertz CT molecular complexity index is 949. The topological polar surface area (TPSA) is 70.4 Å². The standard InChI is InChI=1S/C23H26NO3P/c1-18-11-13-19(14-12-18)22-16-15-21(10-6-3-7-17-28(25,26)27)24-23(22)20-8-4-2-5-9-20/h2,4-5,8-9,11-16H,3,6-7,10,17H2,1H3,(H2,25,26,27). The Kier molecular flexibility index (Phi) is 6.79. The molecule has 0 saturated carbocycles. The third-order valence-electron chi connectivity index (χ3n) is 4.75. The van der Waals surface area contributed by atoms with Gasteiger partial charge in [-0.25, -0.2) is 0 Å². The van der Waals surface area contributed by atoms with E-state index in [-0.39, 0.29) is 6.16 Å². The lowest BCUT2D eigenvalue weighted by Gasteiger charge is -2.12. The fourth-order valence-corrected chi connectivity index (χ4v) is 3.86. The van der Waals surface area contributed by atoms with Crippen LogP contribution in [0.2, 0.25) is 0 Å². The van der Waals surface area contributed by atoms with Crippen molar-refractivity contribution in [3.8, 4) is 22.4 Å². The van der Waals surface area contributed by atoms with E-state index in [0.717, 1.165) is 47.3 Å². The minimum absolute atomic E-state index is 0.0396. The largest absolute Gasteiger partial charge is 0.325 e. The van der Waals surface area contributed by atoms with Crippen molar-refractivity contribution < 1.29 is 14.4 Å². The summed E-state index contributed by atoms with van der Waals surface area (Å²) in [6.07, 6.45) is 2.95. The van der Waals surface area contributed by atoms with E-state index in [2.05, 4.69) is 55.5 Å². The van der Waals surface area contributed by atoms with Crippen molar-refractivity contribution in [3.05, 3.63) is 78.0 Å². The summed E-state index contributed by atoms with van der Waals surface area (Å²) in [5, 5.41) is 0. The van der Waals surface area contributed by atoms with Gasteiger partial charge in [-0.15, -0.1) is 0 Å². The van der Waals surface area contributed by atoms with Crippen molar-refractivity contribution in [2.75, 3.05) is 6.16 Å². The van der Waals surface area contributed by atoms with Gasteiger partial charge in [0, 0.05) is 23.0 Å². The number of aryl methyl sites for hydroxylation is 2. The molecule has 0 unspecified atom stereocenters. The van der Waals surface area contributed by atoms with Crippen LogP contribution >= 0.6 is 7.60 Å². The van der Waals surface area contributed by atoms with Crippen LogP contribution in [-0.2, 0) is 11.0 Å². The fraction of sp³-hybridized carbons (Fsp3) is 0.261. The molecule has 4 nitrogen and oxygen atoms in total. The van der Waals surface area contributed by atoms with Crippen molar-refractivity contribution >= 4 is 7.60 Å². The van der Waals surface area contributed by atoms with E-state index in [1.165, 1.54) is 5.56 Å². The second-order valence-corrected chi connectivity index (χ2v) is 8.91. The molecule has 146 valence electrons. The monoisotopic (exact) mass is 395 g/mol. The summed E-state index contributed by atoms with van der Waals surface area (Å²) in [7, 11) is -3.89. The molecule has 0 fully saturated rings. The van der Waals surface area contributed by atoms with Gasteiger partial charge in [0.15, 0.2) is 0 Å². The predicted molar refractivity (Wildman–Crippen MR) is 114 cm³/mol. The first-order valence-electron chi connectivity index (χ1n) is 9.59. The molecule has 5 heteroatoms. The van der Waals surface area contributed by atoms with Crippen molar-refractivity contribution in [1.29, 1.82) is 0 Å². The normalized spacial score (nSPS) is 11.5. The molecule has 0 aliphatic heterocycles. The first-order valence-corrected chi connectivity index (χ1v) is 11.4. The first kappa shape index (κ1) is 20.5. The summed E-state index contributed by atoms with van der Waals surface area (Å²) in [4.78, 5) is 22.8. The number of unbranched alkanes of at least 4 members (excludes halogenated alkanes) is 2. The third kappa shape index (κ3) is 5.87. The molecule has 0 aliphatic rings. The molecular weight excluding hydrogens is 369 g/mol. The maximum atomic E-state index is 10.9. The summed E-state index contributed by atoms with van der Waals surface area (Å²) in [5.41, 5.74) is 6.54. The Morgan fingerprint density at radius 1 is 0.821 bits per heavy atom. The van der Waals surface area contributed by atoms with Crippen LogP contribution < -0.4 is 0 Å². The highest BCUT2D eigenvalue weighted by Gasteiger charge is 2.12. The Hall–Kier alpha value is -2.26. The molecule has 0 aliphatic carbocycles. The number of hydrogen-bond donors (Lipinski definition) is 2.